The summed E-state index contributed by atoms with van der Waals surface area (Å²) in [6.07, 6.45) is -0.696. The van der Waals surface area contributed by atoms with Crippen LogP contribution in [-0.4, -0.2) is 41.4 Å². The molecule has 1 aliphatic heterocycles. The van der Waals surface area contributed by atoms with Gasteiger partial charge in [-0.3, -0.25) is 4.79 Å². The van der Waals surface area contributed by atoms with Crippen LogP contribution in [-0.2, 0) is 43.6 Å². The van der Waals surface area contributed by atoms with Crippen molar-refractivity contribution in [2.75, 3.05) is 6.61 Å². The van der Waals surface area contributed by atoms with Gasteiger partial charge in [0.1, 0.15) is 6.10 Å². The van der Waals surface area contributed by atoms with Gasteiger partial charge in [-0.1, -0.05) is 91.0 Å². The fourth-order valence-electron chi connectivity index (χ4n) is 4.85. The molecule has 3 aromatic rings. The van der Waals surface area contributed by atoms with Gasteiger partial charge in [0, 0.05) is 23.3 Å². The summed E-state index contributed by atoms with van der Waals surface area (Å²) in [6, 6.07) is 30.5. The summed E-state index contributed by atoms with van der Waals surface area (Å²) in [6.45, 7) is 3.21. The molecule has 188 valence electrons. The fraction of sp³-hybridized carbons (Fsp3) is 0.367. The average Bonchev–Trinajstić information content (AvgIpc) is 3.71. The first-order valence-corrected chi connectivity index (χ1v) is 13.4. The smallest absolute Gasteiger partial charge is 0.302 e. The normalized spacial score (nSPS) is 26.7. The first kappa shape index (κ1) is 25.0. The molecule has 0 aromatic heterocycles. The van der Waals surface area contributed by atoms with E-state index in [1.165, 1.54) is 6.92 Å². The van der Waals surface area contributed by atoms with Crippen molar-refractivity contribution in [2.45, 2.75) is 55.6 Å². The third-order valence-electron chi connectivity index (χ3n) is 6.71. The van der Waals surface area contributed by atoms with Gasteiger partial charge < -0.3 is 18.9 Å². The molecule has 5 rings (SSSR count). The Labute approximate surface area is 217 Å². The van der Waals surface area contributed by atoms with Gasteiger partial charge in [0.25, 0.3) is 0 Å². The molecular formula is C30H32O5S. The zero-order valence-corrected chi connectivity index (χ0v) is 21.2. The van der Waals surface area contributed by atoms with E-state index in [0.29, 0.717) is 31.7 Å². The number of rotatable bonds is 11. The lowest BCUT2D eigenvalue weighted by atomic mass is 9.82. The molecule has 0 unspecified atom stereocenters. The monoisotopic (exact) mass is 504 g/mol. The van der Waals surface area contributed by atoms with Crippen LogP contribution >= 0.6 is 11.8 Å². The van der Waals surface area contributed by atoms with Crippen LogP contribution in [0.3, 0.4) is 0 Å². The Hall–Kier alpha value is -2.64. The number of benzene rings is 3. The molecule has 0 bridgehead atoms. The molecular weight excluding hydrogens is 472 g/mol. The van der Waals surface area contributed by atoms with E-state index in [1.807, 2.05) is 66.4 Å². The average molecular weight is 505 g/mol. The van der Waals surface area contributed by atoms with E-state index in [9.17, 15) is 4.79 Å². The van der Waals surface area contributed by atoms with Gasteiger partial charge >= 0.3 is 5.97 Å². The lowest BCUT2D eigenvalue weighted by molar-refractivity contribution is -0.186. The summed E-state index contributed by atoms with van der Waals surface area (Å²) in [5, 5.41) is 0.592. The minimum atomic E-state index is -0.297. The van der Waals surface area contributed by atoms with E-state index >= 15 is 0 Å². The second-order valence-corrected chi connectivity index (χ2v) is 10.7. The topological polar surface area (TPSA) is 54.0 Å². The predicted molar refractivity (Wildman–Crippen MR) is 140 cm³/mol. The Morgan fingerprint density at radius 3 is 1.56 bits per heavy atom. The summed E-state index contributed by atoms with van der Waals surface area (Å²) in [4.78, 5) is 11.7. The Kier molecular flexibility index (Phi) is 8.39. The van der Waals surface area contributed by atoms with Crippen LogP contribution in [0.25, 0.3) is 0 Å². The second kappa shape index (κ2) is 12.1. The third kappa shape index (κ3) is 6.37. The van der Waals surface area contributed by atoms with Gasteiger partial charge in [0.05, 0.1) is 38.6 Å². The van der Waals surface area contributed by atoms with Gasteiger partial charge in [0.2, 0.25) is 0 Å². The third-order valence-corrected chi connectivity index (χ3v) is 8.23. The van der Waals surface area contributed by atoms with Gasteiger partial charge in [0.15, 0.2) is 0 Å². The first-order valence-electron chi connectivity index (χ1n) is 12.4. The van der Waals surface area contributed by atoms with Crippen molar-refractivity contribution in [1.29, 1.82) is 0 Å². The Morgan fingerprint density at radius 2 is 1.08 bits per heavy atom. The molecule has 6 atom stereocenters. The number of esters is 1. The van der Waals surface area contributed by atoms with Gasteiger partial charge in [-0.05, 0) is 16.7 Å². The van der Waals surface area contributed by atoms with Crippen molar-refractivity contribution in [2.24, 2.45) is 5.92 Å². The highest BCUT2D eigenvalue weighted by molar-refractivity contribution is 8.07. The number of hydrogen-bond acceptors (Lipinski definition) is 6. The lowest BCUT2D eigenvalue weighted by Gasteiger charge is -2.41. The van der Waals surface area contributed by atoms with Crippen molar-refractivity contribution in [3.8, 4) is 0 Å². The van der Waals surface area contributed by atoms with Crippen LogP contribution in [0.4, 0.5) is 0 Å². The van der Waals surface area contributed by atoms with E-state index in [1.54, 1.807) is 0 Å². The van der Waals surface area contributed by atoms with E-state index in [4.69, 9.17) is 18.9 Å². The lowest BCUT2D eigenvalue weighted by Crippen LogP contribution is -2.55. The van der Waals surface area contributed by atoms with Crippen LogP contribution < -0.4 is 0 Å². The van der Waals surface area contributed by atoms with Gasteiger partial charge in [-0.2, -0.15) is 0 Å². The minimum absolute atomic E-state index is 0.0324. The number of carbonyl (C=O) groups is 1. The molecule has 0 radical (unpaired) electrons. The maximum Gasteiger partial charge on any atom is 0.302 e. The molecule has 0 N–H and O–H groups in total. The van der Waals surface area contributed by atoms with E-state index in [2.05, 4.69) is 36.4 Å². The molecule has 2 aliphatic rings. The zero-order valence-electron chi connectivity index (χ0n) is 20.4. The minimum Gasteiger partial charge on any atom is -0.465 e. The summed E-state index contributed by atoms with van der Waals surface area (Å²) < 4.78 is 25.2. The van der Waals surface area contributed by atoms with Crippen LogP contribution in [0.15, 0.2) is 91.0 Å². The second-order valence-electron chi connectivity index (χ2n) is 9.32. The molecule has 1 saturated heterocycles. The van der Waals surface area contributed by atoms with Gasteiger partial charge in [-0.25, -0.2) is 0 Å². The maximum absolute atomic E-state index is 11.7. The number of hydrogen-bond donors (Lipinski definition) is 0. The van der Waals surface area contributed by atoms with Crippen molar-refractivity contribution < 1.29 is 23.7 Å². The van der Waals surface area contributed by atoms with Crippen LogP contribution in [0.5, 0.6) is 0 Å². The molecule has 6 heteroatoms. The number of ether oxygens (including phenoxy) is 4. The van der Waals surface area contributed by atoms with Gasteiger partial charge in [-0.15, -0.1) is 11.8 Å². The SMILES string of the molecule is CC(=O)OC[C@@H]1[C@@H](OCc2ccccc2)[C@H](OCc2ccccc2)[C@@H](OCc2ccccc2)[C@H]2S[C@@H]12. The highest BCUT2D eigenvalue weighted by Gasteiger charge is 2.61. The molecule has 3 aromatic carbocycles. The van der Waals surface area contributed by atoms with Crippen molar-refractivity contribution in [3.05, 3.63) is 108 Å². The number of fused-ring (bicyclic) bond motifs is 1. The molecule has 1 aliphatic carbocycles. The Morgan fingerprint density at radius 1 is 0.639 bits per heavy atom. The highest BCUT2D eigenvalue weighted by atomic mass is 32.2. The van der Waals surface area contributed by atoms with Crippen molar-refractivity contribution in [1.82, 2.24) is 0 Å². The maximum atomic E-state index is 11.7. The predicted octanol–water partition coefficient (Wildman–Crippen LogP) is 5.42. The zero-order chi connectivity index (χ0) is 24.7. The molecule has 0 amide bonds. The van der Waals surface area contributed by atoms with E-state index in [-0.39, 0.29) is 35.4 Å². The molecule has 2 fully saturated rings. The van der Waals surface area contributed by atoms with E-state index in [0.717, 1.165) is 16.7 Å². The molecule has 1 saturated carbocycles. The summed E-state index contributed by atoms with van der Waals surface area (Å²) in [7, 11) is 0. The summed E-state index contributed by atoms with van der Waals surface area (Å²) >= 11 is 1.88. The van der Waals surface area contributed by atoms with Crippen molar-refractivity contribution >= 4 is 17.7 Å². The summed E-state index contributed by atoms with van der Waals surface area (Å²) in [5.41, 5.74) is 3.33. The standard InChI is InChI=1S/C30H32O5S/c1-21(31)32-20-25-26(33-17-22-11-5-2-6-12-22)27(34-18-23-13-7-3-8-14-23)28(30-29(25)36-30)35-19-24-15-9-4-10-16-24/h2-16,25-30H,17-20H2,1H3/t25-,26-,27+,28-,29+,30-/m1/s1. The quantitative estimate of drug-likeness (QED) is 0.257. The molecule has 36 heavy (non-hydrogen) atoms. The number of carbonyl (C=O) groups excluding carboxylic acids is 1. The Bertz CT molecular complexity index is 1090. The molecule has 0 spiro atoms. The van der Waals surface area contributed by atoms with E-state index < -0.39 is 0 Å². The molecule has 1 heterocycles. The highest BCUT2D eigenvalue weighted by Crippen LogP contribution is 2.56. The fourth-order valence-corrected chi connectivity index (χ4v) is 6.30. The van der Waals surface area contributed by atoms with Crippen LogP contribution in [0, 0.1) is 5.92 Å². The van der Waals surface area contributed by atoms with Crippen LogP contribution in [0.1, 0.15) is 23.6 Å². The van der Waals surface area contributed by atoms with Crippen LogP contribution in [0.2, 0.25) is 0 Å². The van der Waals surface area contributed by atoms with Crippen molar-refractivity contribution in [3.63, 3.8) is 0 Å². The molecule has 5 nitrogen and oxygen atoms in total. The first-order chi connectivity index (χ1) is 17.7. The largest absolute Gasteiger partial charge is 0.465 e. The number of thioether (sulfide) groups is 1. The Balaban J connectivity index is 1.38. The summed E-state index contributed by atoms with van der Waals surface area (Å²) in [5.74, 6) is -0.242.